The minimum atomic E-state index is 0.0318. The molecule has 21 heavy (non-hydrogen) atoms. The van der Waals surface area contributed by atoms with E-state index in [1.54, 1.807) is 13.2 Å². The number of likely N-dealkylation sites (N-methyl/N-ethyl adjacent to an activating group) is 1. The topological polar surface area (TPSA) is 62.0 Å². The van der Waals surface area contributed by atoms with Gasteiger partial charge in [0, 0.05) is 24.2 Å². The van der Waals surface area contributed by atoms with Crippen molar-refractivity contribution in [1.29, 1.82) is 0 Å². The Kier molecular flexibility index (Phi) is 5.45. The van der Waals surface area contributed by atoms with E-state index in [2.05, 4.69) is 23.9 Å². The third-order valence-corrected chi connectivity index (χ3v) is 4.58. The van der Waals surface area contributed by atoms with Gasteiger partial charge in [-0.2, -0.15) is 0 Å². The summed E-state index contributed by atoms with van der Waals surface area (Å²) in [7, 11) is 5.86. The van der Waals surface area contributed by atoms with E-state index in [0.29, 0.717) is 18.3 Å². The normalized spacial score (nSPS) is 18.9. The monoisotopic (exact) mass is 293 g/mol. The quantitative estimate of drug-likeness (QED) is 0.860. The fraction of sp³-hybridized carbons (Fsp3) is 0.625. The fourth-order valence-electron chi connectivity index (χ4n) is 3.10. The van der Waals surface area contributed by atoms with Crippen molar-refractivity contribution in [2.24, 2.45) is 5.73 Å². The summed E-state index contributed by atoms with van der Waals surface area (Å²) in [6, 6.07) is 5.98. The maximum absolute atomic E-state index is 10.2. The van der Waals surface area contributed by atoms with Gasteiger partial charge in [0.05, 0.1) is 13.2 Å². The smallest absolute Gasteiger partial charge is 0.124 e. The highest BCUT2D eigenvalue weighted by molar-refractivity contribution is 5.41. The summed E-state index contributed by atoms with van der Waals surface area (Å²) in [6.07, 6.45) is 2.28. The Balaban J connectivity index is 2.15. The molecule has 0 aromatic heterocycles. The lowest BCUT2D eigenvalue weighted by atomic mass is 9.98. The summed E-state index contributed by atoms with van der Waals surface area (Å²) in [6.45, 7) is 2.71. The Morgan fingerprint density at radius 1 is 1.43 bits per heavy atom. The summed E-state index contributed by atoms with van der Waals surface area (Å²) in [5.41, 5.74) is 6.86. The lowest BCUT2D eigenvalue weighted by molar-refractivity contribution is 0.108. The number of nitrogens with zero attached hydrogens (tertiary/aromatic N) is 2. The molecule has 0 bridgehead atoms. The minimum Gasteiger partial charge on any atom is -0.507 e. The average Bonchev–Trinajstić information content (AvgIpc) is 2.50. The number of benzene rings is 1. The predicted molar refractivity (Wildman–Crippen MR) is 84.7 cm³/mol. The van der Waals surface area contributed by atoms with Crippen LogP contribution < -0.4 is 10.5 Å². The zero-order valence-electron chi connectivity index (χ0n) is 13.2. The first-order chi connectivity index (χ1) is 10.1. The molecular formula is C16H27N3O2. The van der Waals surface area contributed by atoms with Gasteiger partial charge < -0.3 is 20.5 Å². The van der Waals surface area contributed by atoms with E-state index < -0.39 is 0 Å². The molecule has 1 fully saturated rings. The molecule has 1 aromatic carbocycles. The molecule has 0 spiro atoms. The second-order valence-corrected chi connectivity index (χ2v) is 5.88. The fourth-order valence-corrected chi connectivity index (χ4v) is 3.10. The van der Waals surface area contributed by atoms with E-state index in [1.165, 1.54) is 0 Å². The van der Waals surface area contributed by atoms with Crippen molar-refractivity contribution in [3.8, 4) is 11.5 Å². The van der Waals surface area contributed by atoms with Crippen molar-refractivity contribution in [2.75, 3.05) is 40.8 Å². The molecule has 1 atom stereocenters. The van der Waals surface area contributed by atoms with Crippen molar-refractivity contribution in [3.63, 3.8) is 0 Å². The number of hydrogen-bond donors (Lipinski definition) is 2. The molecule has 0 aliphatic carbocycles. The molecule has 0 radical (unpaired) electrons. The largest absolute Gasteiger partial charge is 0.507 e. The van der Waals surface area contributed by atoms with Crippen LogP contribution in [0.25, 0.3) is 0 Å². The number of ether oxygens (including phenoxy) is 1. The molecule has 1 heterocycles. The standard InChI is InChI=1S/C16H27N3O2/c1-18-8-6-12(7-9-18)19(2)15(11-17)14-5-4-13(21-3)10-16(14)20/h4-5,10,12,15,20H,6-9,11,17H2,1-3H3. The molecule has 0 amide bonds. The summed E-state index contributed by atoms with van der Waals surface area (Å²) in [4.78, 5) is 4.67. The van der Waals surface area contributed by atoms with Crippen LogP contribution in [0.2, 0.25) is 0 Å². The number of aromatic hydroxyl groups is 1. The van der Waals surface area contributed by atoms with Crippen LogP contribution in [0.4, 0.5) is 0 Å². The molecule has 2 rings (SSSR count). The molecule has 0 saturated carbocycles. The van der Waals surface area contributed by atoms with Gasteiger partial charge in [-0.3, -0.25) is 4.90 Å². The van der Waals surface area contributed by atoms with Crippen LogP contribution in [0, 0.1) is 0 Å². The Morgan fingerprint density at radius 2 is 2.10 bits per heavy atom. The van der Waals surface area contributed by atoms with Crippen molar-refractivity contribution in [1.82, 2.24) is 9.80 Å². The number of phenols is 1. The van der Waals surface area contributed by atoms with Gasteiger partial charge in [0.2, 0.25) is 0 Å². The molecule has 1 aliphatic heterocycles. The highest BCUT2D eigenvalue weighted by Gasteiger charge is 2.27. The number of likely N-dealkylation sites (tertiary alicyclic amines) is 1. The van der Waals surface area contributed by atoms with Gasteiger partial charge in [0.1, 0.15) is 11.5 Å². The van der Waals surface area contributed by atoms with Gasteiger partial charge in [-0.25, -0.2) is 0 Å². The molecule has 1 aliphatic rings. The SMILES string of the molecule is COc1ccc(C(CN)N(C)C2CCN(C)CC2)c(O)c1. The van der Waals surface area contributed by atoms with E-state index >= 15 is 0 Å². The van der Waals surface area contributed by atoms with Gasteiger partial charge in [-0.1, -0.05) is 6.07 Å². The van der Waals surface area contributed by atoms with Gasteiger partial charge >= 0.3 is 0 Å². The maximum Gasteiger partial charge on any atom is 0.124 e. The molecule has 3 N–H and O–H groups in total. The van der Waals surface area contributed by atoms with Crippen LogP contribution in [0.5, 0.6) is 11.5 Å². The van der Waals surface area contributed by atoms with Gasteiger partial charge in [-0.15, -0.1) is 0 Å². The van der Waals surface area contributed by atoms with Crippen molar-refractivity contribution < 1.29 is 9.84 Å². The van der Waals surface area contributed by atoms with E-state index in [0.717, 1.165) is 31.5 Å². The first-order valence-electron chi connectivity index (χ1n) is 7.54. The lowest BCUT2D eigenvalue weighted by Crippen LogP contribution is -2.45. The van der Waals surface area contributed by atoms with E-state index in [4.69, 9.17) is 10.5 Å². The highest BCUT2D eigenvalue weighted by atomic mass is 16.5. The van der Waals surface area contributed by atoms with Crippen LogP contribution in [-0.4, -0.2) is 61.8 Å². The second kappa shape index (κ2) is 7.11. The number of hydrogen-bond acceptors (Lipinski definition) is 5. The van der Waals surface area contributed by atoms with E-state index in [9.17, 15) is 5.11 Å². The molecule has 1 saturated heterocycles. The van der Waals surface area contributed by atoms with Gasteiger partial charge in [0.25, 0.3) is 0 Å². The summed E-state index contributed by atoms with van der Waals surface area (Å²) >= 11 is 0. The molecule has 5 nitrogen and oxygen atoms in total. The molecule has 1 aromatic rings. The Hall–Kier alpha value is -1.30. The molecule has 1 unspecified atom stereocenters. The first-order valence-corrected chi connectivity index (χ1v) is 7.54. The zero-order chi connectivity index (χ0) is 15.4. The first kappa shape index (κ1) is 16.1. The van der Waals surface area contributed by atoms with Crippen LogP contribution >= 0.6 is 0 Å². The molecule has 118 valence electrons. The van der Waals surface area contributed by atoms with E-state index in [1.807, 2.05) is 12.1 Å². The van der Waals surface area contributed by atoms with Crippen LogP contribution in [0.3, 0.4) is 0 Å². The maximum atomic E-state index is 10.2. The summed E-state index contributed by atoms with van der Waals surface area (Å²) < 4.78 is 5.14. The van der Waals surface area contributed by atoms with Crippen molar-refractivity contribution >= 4 is 0 Å². The van der Waals surface area contributed by atoms with Crippen molar-refractivity contribution in [3.05, 3.63) is 23.8 Å². The number of rotatable bonds is 5. The second-order valence-electron chi connectivity index (χ2n) is 5.88. The Labute approximate surface area is 127 Å². The average molecular weight is 293 g/mol. The van der Waals surface area contributed by atoms with Gasteiger partial charge in [-0.05, 0) is 46.1 Å². The predicted octanol–water partition coefficient (Wildman–Crippen LogP) is 1.43. The van der Waals surface area contributed by atoms with Crippen LogP contribution in [-0.2, 0) is 0 Å². The zero-order valence-corrected chi connectivity index (χ0v) is 13.2. The number of phenolic OH excluding ortho intramolecular Hbond substituents is 1. The lowest BCUT2D eigenvalue weighted by Gasteiger charge is -2.39. The number of piperidine rings is 1. The molecular weight excluding hydrogens is 266 g/mol. The highest BCUT2D eigenvalue weighted by Crippen LogP contribution is 2.33. The third kappa shape index (κ3) is 3.67. The van der Waals surface area contributed by atoms with Crippen LogP contribution in [0.15, 0.2) is 18.2 Å². The third-order valence-electron chi connectivity index (χ3n) is 4.58. The summed E-state index contributed by atoms with van der Waals surface area (Å²) in [5, 5.41) is 10.2. The van der Waals surface area contributed by atoms with Gasteiger partial charge in [0.15, 0.2) is 0 Å². The Bertz CT molecular complexity index is 459. The Morgan fingerprint density at radius 3 is 2.62 bits per heavy atom. The minimum absolute atomic E-state index is 0.0318. The van der Waals surface area contributed by atoms with Crippen molar-refractivity contribution in [2.45, 2.75) is 24.9 Å². The molecule has 5 heteroatoms. The number of methoxy groups -OCH3 is 1. The van der Waals surface area contributed by atoms with Crippen LogP contribution in [0.1, 0.15) is 24.4 Å². The summed E-state index contributed by atoms with van der Waals surface area (Å²) in [5.74, 6) is 0.915. The van der Waals surface area contributed by atoms with E-state index in [-0.39, 0.29) is 11.8 Å². The number of nitrogens with two attached hydrogens (primary N) is 1.